The van der Waals surface area contributed by atoms with Crippen LogP contribution in [0.3, 0.4) is 0 Å². The Morgan fingerprint density at radius 1 is 1.05 bits per heavy atom. The van der Waals surface area contributed by atoms with Crippen LogP contribution in [0.1, 0.15) is 65.7 Å². The third-order valence-electron chi connectivity index (χ3n) is 4.78. The molecular formula is C18H34N2OS. The van der Waals surface area contributed by atoms with Crippen LogP contribution in [0.5, 0.6) is 0 Å². The quantitative estimate of drug-likeness (QED) is 0.719. The molecule has 128 valence electrons. The van der Waals surface area contributed by atoms with E-state index in [1.165, 1.54) is 45.2 Å². The highest BCUT2D eigenvalue weighted by atomic mass is 32.2. The van der Waals surface area contributed by atoms with Crippen molar-refractivity contribution in [1.82, 2.24) is 9.80 Å². The summed E-state index contributed by atoms with van der Waals surface area (Å²) in [6, 6.07) is 0.733. The second kappa shape index (κ2) is 8.58. The highest BCUT2D eigenvalue weighted by Gasteiger charge is 2.26. The van der Waals surface area contributed by atoms with E-state index in [0.717, 1.165) is 37.7 Å². The average molecular weight is 327 g/mol. The molecule has 1 amide bonds. The van der Waals surface area contributed by atoms with Crippen molar-refractivity contribution in [2.75, 3.05) is 31.9 Å². The summed E-state index contributed by atoms with van der Waals surface area (Å²) in [5.74, 6) is 1.48. The van der Waals surface area contributed by atoms with Crippen LogP contribution < -0.4 is 0 Å². The molecule has 0 radical (unpaired) electrons. The number of carbonyl (C=O) groups excluding carboxylic acids is 1. The number of hydrogen-bond acceptors (Lipinski definition) is 3. The first-order valence-corrected chi connectivity index (χ1v) is 10.1. The summed E-state index contributed by atoms with van der Waals surface area (Å²) in [5.41, 5.74) is 0. The van der Waals surface area contributed by atoms with Gasteiger partial charge in [-0.1, -0.05) is 20.8 Å². The average Bonchev–Trinajstić information content (AvgIpc) is 2.87. The molecule has 2 aliphatic rings. The van der Waals surface area contributed by atoms with Gasteiger partial charge in [-0.25, -0.2) is 0 Å². The number of rotatable bonds is 5. The van der Waals surface area contributed by atoms with Gasteiger partial charge in [0.25, 0.3) is 0 Å². The van der Waals surface area contributed by atoms with Gasteiger partial charge in [0.1, 0.15) is 0 Å². The van der Waals surface area contributed by atoms with Gasteiger partial charge in [-0.2, -0.15) is 11.8 Å². The number of amides is 1. The van der Waals surface area contributed by atoms with E-state index in [4.69, 9.17) is 0 Å². The van der Waals surface area contributed by atoms with Crippen LogP contribution in [-0.2, 0) is 4.79 Å². The molecule has 0 aliphatic carbocycles. The molecule has 4 heteroatoms. The molecule has 2 aliphatic heterocycles. The Hall–Kier alpha value is -0.220. The zero-order valence-electron chi connectivity index (χ0n) is 14.8. The highest BCUT2D eigenvalue weighted by Crippen LogP contribution is 2.25. The molecular weight excluding hydrogens is 292 g/mol. The van der Waals surface area contributed by atoms with Crippen molar-refractivity contribution in [3.63, 3.8) is 0 Å². The molecule has 0 saturated carbocycles. The molecule has 0 unspecified atom stereocenters. The van der Waals surface area contributed by atoms with E-state index in [1.807, 2.05) is 11.8 Å². The fourth-order valence-electron chi connectivity index (χ4n) is 3.56. The maximum absolute atomic E-state index is 12.4. The lowest BCUT2D eigenvalue weighted by Gasteiger charge is -2.26. The van der Waals surface area contributed by atoms with Crippen LogP contribution >= 0.6 is 11.8 Å². The Balaban J connectivity index is 1.67. The molecule has 0 aromatic heterocycles. The fourth-order valence-corrected chi connectivity index (χ4v) is 4.46. The largest absolute Gasteiger partial charge is 0.343 e. The van der Waals surface area contributed by atoms with Crippen molar-refractivity contribution < 1.29 is 4.79 Å². The Kier molecular flexibility index (Phi) is 7.07. The third-order valence-corrected chi connectivity index (χ3v) is 6.14. The van der Waals surface area contributed by atoms with Gasteiger partial charge in [-0.15, -0.1) is 0 Å². The van der Waals surface area contributed by atoms with Gasteiger partial charge < -0.3 is 9.80 Å². The van der Waals surface area contributed by atoms with Crippen LogP contribution in [0.2, 0.25) is 0 Å². The van der Waals surface area contributed by atoms with Crippen LogP contribution in [-0.4, -0.2) is 58.4 Å². The Bertz CT molecular complexity index is 347. The van der Waals surface area contributed by atoms with Crippen LogP contribution in [0.25, 0.3) is 0 Å². The summed E-state index contributed by atoms with van der Waals surface area (Å²) < 4.78 is 0.314. The van der Waals surface area contributed by atoms with E-state index in [2.05, 4.69) is 30.6 Å². The fraction of sp³-hybridized carbons (Fsp3) is 0.944. The summed E-state index contributed by atoms with van der Waals surface area (Å²) in [7, 11) is 0. The Labute approximate surface area is 141 Å². The first-order valence-electron chi connectivity index (χ1n) is 9.11. The van der Waals surface area contributed by atoms with Crippen molar-refractivity contribution in [1.29, 1.82) is 0 Å². The standard InChI is InChI=1S/C18H34N2OS/c1-18(2,3)22-15-7-9-17(21)20-13-6-8-16(10-14-20)19-11-4-5-12-19/h16H,4-15H2,1-3H3/t16-/m0/s1. The predicted molar refractivity (Wildman–Crippen MR) is 96.5 cm³/mol. The second-order valence-electron chi connectivity index (χ2n) is 7.77. The topological polar surface area (TPSA) is 23.6 Å². The first kappa shape index (κ1) is 18.1. The minimum Gasteiger partial charge on any atom is -0.343 e. The molecule has 1 atom stereocenters. The summed E-state index contributed by atoms with van der Waals surface area (Å²) in [5, 5.41) is 0. The van der Waals surface area contributed by atoms with Crippen molar-refractivity contribution in [2.45, 2.75) is 76.5 Å². The van der Waals surface area contributed by atoms with Crippen molar-refractivity contribution in [3.8, 4) is 0 Å². The molecule has 0 aromatic rings. The number of likely N-dealkylation sites (tertiary alicyclic amines) is 2. The smallest absolute Gasteiger partial charge is 0.222 e. The molecule has 22 heavy (non-hydrogen) atoms. The van der Waals surface area contributed by atoms with E-state index in [1.54, 1.807) is 0 Å². The molecule has 2 rings (SSSR count). The molecule has 0 N–H and O–H groups in total. The number of nitrogens with zero attached hydrogens (tertiary/aromatic N) is 2. The van der Waals surface area contributed by atoms with Gasteiger partial charge in [0.05, 0.1) is 0 Å². The van der Waals surface area contributed by atoms with Gasteiger partial charge in [0, 0.05) is 30.3 Å². The van der Waals surface area contributed by atoms with Gasteiger partial charge in [-0.3, -0.25) is 4.79 Å². The van der Waals surface area contributed by atoms with Gasteiger partial charge >= 0.3 is 0 Å². The Morgan fingerprint density at radius 3 is 2.45 bits per heavy atom. The SMILES string of the molecule is CC(C)(C)SCCCC(=O)N1CCC[C@H](N2CCCC2)CC1. The number of carbonyl (C=O) groups is 1. The molecule has 3 nitrogen and oxygen atoms in total. The van der Waals surface area contributed by atoms with Crippen molar-refractivity contribution in [3.05, 3.63) is 0 Å². The van der Waals surface area contributed by atoms with Crippen LogP contribution in [0.4, 0.5) is 0 Å². The monoisotopic (exact) mass is 326 g/mol. The molecule has 0 spiro atoms. The van der Waals surface area contributed by atoms with Crippen LogP contribution in [0, 0.1) is 0 Å². The van der Waals surface area contributed by atoms with Gasteiger partial charge in [0.2, 0.25) is 5.91 Å². The van der Waals surface area contributed by atoms with E-state index < -0.39 is 0 Å². The molecule has 0 aromatic carbocycles. The van der Waals surface area contributed by atoms with E-state index in [-0.39, 0.29) is 0 Å². The lowest BCUT2D eigenvalue weighted by molar-refractivity contribution is -0.131. The summed E-state index contributed by atoms with van der Waals surface area (Å²) in [6.07, 6.45) is 8.13. The lowest BCUT2D eigenvalue weighted by Crippen LogP contribution is -2.35. The predicted octanol–water partition coefficient (Wildman–Crippen LogP) is 3.78. The summed E-state index contributed by atoms with van der Waals surface area (Å²) >= 11 is 1.97. The lowest BCUT2D eigenvalue weighted by atomic mass is 10.1. The van der Waals surface area contributed by atoms with E-state index in [0.29, 0.717) is 10.7 Å². The normalized spacial score (nSPS) is 24.5. The first-order chi connectivity index (χ1) is 10.5. The van der Waals surface area contributed by atoms with Crippen LogP contribution in [0.15, 0.2) is 0 Å². The number of hydrogen-bond donors (Lipinski definition) is 0. The minimum absolute atomic E-state index is 0.314. The molecule has 2 fully saturated rings. The summed E-state index contributed by atoms with van der Waals surface area (Å²) in [6.45, 7) is 11.2. The molecule has 0 bridgehead atoms. The van der Waals surface area contributed by atoms with Gasteiger partial charge in [0.15, 0.2) is 0 Å². The molecule has 2 heterocycles. The number of thioether (sulfide) groups is 1. The molecule has 2 saturated heterocycles. The zero-order chi connectivity index (χ0) is 16.0. The van der Waals surface area contributed by atoms with E-state index in [9.17, 15) is 4.79 Å². The van der Waals surface area contributed by atoms with Crippen molar-refractivity contribution in [2.24, 2.45) is 0 Å². The minimum atomic E-state index is 0.314. The Morgan fingerprint density at radius 2 is 1.77 bits per heavy atom. The van der Waals surface area contributed by atoms with Gasteiger partial charge in [-0.05, 0) is 57.4 Å². The van der Waals surface area contributed by atoms with E-state index >= 15 is 0 Å². The second-order valence-corrected chi connectivity index (χ2v) is 9.69. The maximum atomic E-state index is 12.4. The zero-order valence-corrected chi connectivity index (χ0v) is 15.6. The van der Waals surface area contributed by atoms with Crippen molar-refractivity contribution >= 4 is 17.7 Å². The highest BCUT2D eigenvalue weighted by molar-refractivity contribution is 8.00. The summed E-state index contributed by atoms with van der Waals surface area (Å²) in [4.78, 5) is 17.2. The maximum Gasteiger partial charge on any atom is 0.222 e. The third kappa shape index (κ3) is 6.11.